The first-order valence-electron chi connectivity index (χ1n) is 7.71. The highest BCUT2D eigenvalue weighted by atomic mass is 35.5. The molecule has 0 aliphatic heterocycles. The number of nitrogens with zero attached hydrogens (tertiary/aromatic N) is 1. The van der Waals surface area contributed by atoms with E-state index in [1.165, 1.54) is 12.1 Å². The average Bonchev–Trinajstić information content (AvgIpc) is 2.90. The molecule has 0 radical (unpaired) electrons. The molecule has 0 atom stereocenters. The summed E-state index contributed by atoms with van der Waals surface area (Å²) in [6, 6.07) is 8.43. The lowest BCUT2D eigenvalue weighted by molar-refractivity contribution is 0.427. The quantitative estimate of drug-likeness (QED) is 0.685. The normalized spacial score (nSPS) is 11.6. The third kappa shape index (κ3) is 3.45. The highest BCUT2D eigenvalue weighted by Gasteiger charge is 2.21. The molecule has 0 saturated heterocycles. The van der Waals surface area contributed by atoms with Gasteiger partial charge in [-0.2, -0.15) is 0 Å². The molecule has 2 aromatic carbocycles. The van der Waals surface area contributed by atoms with Crippen molar-refractivity contribution < 1.29 is 17.3 Å². The number of hydrogen-bond acceptors (Lipinski definition) is 4. The van der Waals surface area contributed by atoms with E-state index in [-0.39, 0.29) is 15.6 Å². The van der Waals surface area contributed by atoms with Gasteiger partial charge in [-0.3, -0.25) is 4.72 Å². The van der Waals surface area contributed by atoms with Crippen LogP contribution in [0.3, 0.4) is 0 Å². The Balaban J connectivity index is 2.04. The van der Waals surface area contributed by atoms with Gasteiger partial charge in [0, 0.05) is 11.1 Å². The molecule has 0 spiro atoms. The fourth-order valence-corrected chi connectivity index (χ4v) is 4.11. The van der Waals surface area contributed by atoms with E-state index < -0.39 is 15.8 Å². The second-order valence-electron chi connectivity index (χ2n) is 5.93. The molecule has 0 saturated carbocycles. The monoisotopic (exact) mass is 394 g/mol. The van der Waals surface area contributed by atoms with Crippen LogP contribution in [0.1, 0.15) is 16.8 Å². The number of aromatic nitrogens is 1. The van der Waals surface area contributed by atoms with Gasteiger partial charge in [-0.25, -0.2) is 12.8 Å². The number of sulfonamides is 1. The van der Waals surface area contributed by atoms with Crippen LogP contribution >= 0.6 is 11.6 Å². The minimum Gasteiger partial charge on any atom is -0.356 e. The molecule has 0 fully saturated rings. The van der Waals surface area contributed by atoms with Crippen LogP contribution in [0.15, 0.2) is 45.8 Å². The Kier molecular flexibility index (Phi) is 4.77. The lowest BCUT2D eigenvalue weighted by Gasteiger charge is -2.12. The van der Waals surface area contributed by atoms with Crippen molar-refractivity contribution in [3.63, 3.8) is 0 Å². The van der Waals surface area contributed by atoms with Crippen molar-refractivity contribution in [1.82, 2.24) is 5.16 Å². The van der Waals surface area contributed by atoms with Crippen LogP contribution in [0.25, 0.3) is 11.3 Å². The maximum atomic E-state index is 13.2. The van der Waals surface area contributed by atoms with E-state index >= 15 is 0 Å². The van der Waals surface area contributed by atoms with Crippen LogP contribution in [0, 0.1) is 26.6 Å². The summed E-state index contributed by atoms with van der Waals surface area (Å²) in [7, 11) is -3.93. The van der Waals surface area contributed by atoms with Gasteiger partial charge in [0.15, 0.2) is 5.76 Å². The molecule has 0 unspecified atom stereocenters. The van der Waals surface area contributed by atoms with Gasteiger partial charge in [0.1, 0.15) is 5.82 Å². The summed E-state index contributed by atoms with van der Waals surface area (Å²) < 4.78 is 46.5. The van der Waals surface area contributed by atoms with Crippen LogP contribution < -0.4 is 4.72 Å². The first-order valence-corrected chi connectivity index (χ1v) is 9.57. The molecule has 26 heavy (non-hydrogen) atoms. The van der Waals surface area contributed by atoms with E-state index in [0.717, 1.165) is 23.4 Å². The Morgan fingerprint density at radius 3 is 2.46 bits per heavy atom. The molecule has 3 rings (SSSR count). The summed E-state index contributed by atoms with van der Waals surface area (Å²) in [5.41, 5.74) is 2.82. The van der Waals surface area contributed by atoms with E-state index in [9.17, 15) is 12.8 Å². The van der Waals surface area contributed by atoms with Crippen molar-refractivity contribution in [2.24, 2.45) is 0 Å². The van der Waals surface area contributed by atoms with Crippen LogP contribution in [-0.4, -0.2) is 13.6 Å². The Morgan fingerprint density at radius 2 is 1.85 bits per heavy atom. The fourth-order valence-electron chi connectivity index (χ4n) is 2.49. The third-order valence-electron chi connectivity index (χ3n) is 4.07. The Bertz CT molecular complexity index is 1090. The second-order valence-corrected chi connectivity index (χ2v) is 7.99. The summed E-state index contributed by atoms with van der Waals surface area (Å²) in [6.45, 7) is 5.35. The molecular weight excluding hydrogens is 379 g/mol. The molecule has 5 nitrogen and oxygen atoms in total. The molecule has 0 bridgehead atoms. The molecule has 0 aliphatic rings. The standard InChI is InChI=1S/C18H16ClFN2O3S/c1-10-4-5-13(18-11(2)12(3)21-25-18)8-17(10)26(23,24)22-16-7-6-14(20)9-15(16)19/h4-9,22H,1-3H3. The summed E-state index contributed by atoms with van der Waals surface area (Å²) in [5, 5.41) is 3.88. The minimum absolute atomic E-state index is 0.0240. The van der Waals surface area contributed by atoms with E-state index in [4.69, 9.17) is 16.1 Å². The van der Waals surface area contributed by atoms with Gasteiger partial charge in [-0.1, -0.05) is 28.9 Å². The predicted octanol–water partition coefficient (Wildman–Crippen LogP) is 4.86. The Hall–Kier alpha value is -2.38. The zero-order valence-corrected chi connectivity index (χ0v) is 15.9. The van der Waals surface area contributed by atoms with Gasteiger partial charge in [0.25, 0.3) is 10.0 Å². The van der Waals surface area contributed by atoms with E-state index in [0.29, 0.717) is 16.9 Å². The van der Waals surface area contributed by atoms with Gasteiger partial charge >= 0.3 is 0 Å². The van der Waals surface area contributed by atoms with E-state index in [1.54, 1.807) is 19.1 Å². The lowest BCUT2D eigenvalue weighted by atomic mass is 10.1. The molecule has 1 N–H and O–H groups in total. The maximum Gasteiger partial charge on any atom is 0.262 e. The zero-order chi connectivity index (χ0) is 19.1. The van der Waals surface area contributed by atoms with Crippen molar-refractivity contribution in [2.75, 3.05) is 4.72 Å². The Morgan fingerprint density at radius 1 is 1.12 bits per heavy atom. The van der Waals surface area contributed by atoms with Gasteiger partial charge in [-0.05, 0) is 50.6 Å². The fraction of sp³-hybridized carbons (Fsp3) is 0.167. The van der Waals surface area contributed by atoms with Gasteiger partial charge in [-0.15, -0.1) is 0 Å². The number of rotatable bonds is 4. The minimum atomic E-state index is -3.93. The van der Waals surface area contributed by atoms with Crippen molar-refractivity contribution >= 4 is 27.3 Å². The first-order chi connectivity index (χ1) is 12.2. The van der Waals surface area contributed by atoms with Crippen molar-refractivity contribution in [3.8, 4) is 11.3 Å². The Labute approximate surface area is 155 Å². The number of halogens is 2. The van der Waals surface area contributed by atoms with Crippen molar-refractivity contribution in [2.45, 2.75) is 25.7 Å². The summed E-state index contributed by atoms with van der Waals surface area (Å²) in [6.07, 6.45) is 0. The van der Waals surface area contributed by atoms with Crippen molar-refractivity contribution in [1.29, 1.82) is 0 Å². The van der Waals surface area contributed by atoms with E-state index in [2.05, 4.69) is 9.88 Å². The molecular formula is C18H16ClFN2O3S. The second kappa shape index (κ2) is 6.74. The summed E-state index contributed by atoms with van der Waals surface area (Å²) in [4.78, 5) is 0.0730. The number of aryl methyl sites for hydroxylation is 2. The molecule has 1 aromatic heterocycles. The maximum absolute atomic E-state index is 13.2. The SMILES string of the molecule is Cc1ccc(-c2onc(C)c2C)cc1S(=O)(=O)Nc1ccc(F)cc1Cl. The smallest absolute Gasteiger partial charge is 0.262 e. The molecule has 0 amide bonds. The van der Waals surface area contributed by atoms with Crippen LogP contribution in [0.5, 0.6) is 0 Å². The first kappa shape index (κ1) is 18.4. The largest absolute Gasteiger partial charge is 0.356 e. The van der Waals surface area contributed by atoms with Gasteiger partial charge in [0.05, 0.1) is 21.3 Å². The highest BCUT2D eigenvalue weighted by molar-refractivity contribution is 7.92. The summed E-state index contributed by atoms with van der Waals surface area (Å²) >= 11 is 5.92. The van der Waals surface area contributed by atoms with Crippen molar-refractivity contribution in [3.05, 3.63) is 64.1 Å². The molecule has 136 valence electrons. The molecule has 3 aromatic rings. The summed E-state index contributed by atoms with van der Waals surface area (Å²) in [5.74, 6) is -0.0361. The highest BCUT2D eigenvalue weighted by Crippen LogP contribution is 2.31. The number of nitrogens with one attached hydrogen (secondary N) is 1. The van der Waals surface area contributed by atoms with Gasteiger partial charge < -0.3 is 4.52 Å². The third-order valence-corrected chi connectivity index (χ3v) is 5.89. The molecule has 8 heteroatoms. The topological polar surface area (TPSA) is 72.2 Å². The van der Waals surface area contributed by atoms with Gasteiger partial charge in [0.2, 0.25) is 0 Å². The number of benzene rings is 2. The van der Waals surface area contributed by atoms with E-state index in [1.807, 2.05) is 13.8 Å². The number of hydrogen-bond donors (Lipinski definition) is 1. The van der Waals surface area contributed by atoms with Crippen LogP contribution in [0.4, 0.5) is 10.1 Å². The van der Waals surface area contributed by atoms with Crippen LogP contribution in [0.2, 0.25) is 5.02 Å². The number of anilines is 1. The average molecular weight is 395 g/mol. The molecule has 0 aliphatic carbocycles. The zero-order valence-electron chi connectivity index (χ0n) is 14.3. The predicted molar refractivity (Wildman–Crippen MR) is 98.4 cm³/mol. The lowest BCUT2D eigenvalue weighted by Crippen LogP contribution is -2.14. The van der Waals surface area contributed by atoms with Crippen LogP contribution in [-0.2, 0) is 10.0 Å². The molecule has 1 heterocycles.